The lowest BCUT2D eigenvalue weighted by Gasteiger charge is -2.30. The van der Waals surface area contributed by atoms with Gasteiger partial charge in [-0.05, 0) is 48.6 Å². The van der Waals surface area contributed by atoms with Crippen molar-refractivity contribution < 1.29 is 19.1 Å². The zero-order chi connectivity index (χ0) is 21.2. The molecule has 0 unspecified atom stereocenters. The molecular formula is C25H29NO4. The predicted molar refractivity (Wildman–Crippen MR) is 117 cm³/mol. The maximum absolute atomic E-state index is 12.3. The molecule has 1 fully saturated rings. The van der Waals surface area contributed by atoms with E-state index in [2.05, 4.69) is 13.0 Å². The summed E-state index contributed by atoms with van der Waals surface area (Å²) in [7, 11) is 0. The molecule has 1 saturated heterocycles. The van der Waals surface area contributed by atoms with Crippen LogP contribution in [0.3, 0.4) is 0 Å². The second kappa shape index (κ2) is 11.2. The fourth-order valence-corrected chi connectivity index (χ4v) is 3.45. The minimum Gasteiger partial charge on any atom is -0.490 e. The Morgan fingerprint density at radius 3 is 2.53 bits per heavy atom. The summed E-state index contributed by atoms with van der Waals surface area (Å²) in [5.74, 6) is 0.414. The van der Waals surface area contributed by atoms with Crippen molar-refractivity contribution >= 4 is 18.0 Å². The van der Waals surface area contributed by atoms with Crippen molar-refractivity contribution in [3.05, 3.63) is 71.8 Å². The minimum absolute atomic E-state index is 0.0200. The summed E-state index contributed by atoms with van der Waals surface area (Å²) >= 11 is 0. The van der Waals surface area contributed by atoms with Crippen LogP contribution < -0.4 is 4.74 Å². The van der Waals surface area contributed by atoms with Crippen LogP contribution in [-0.4, -0.2) is 43.1 Å². The molecule has 0 bridgehead atoms. The monoisotopic (exact) mass is 407 g/mol. The molecule has 0 N–H and O–H groups in total. The third-order valence-corrected chi connectivity index (χ3v) is 5.26. The van der Waals surface area contributed by atoms with Gasteiger partial charge in [0.05, 0.1) is 5.92 Å². The molecule has 1 heterocycles. The summed E-state index contributed by atoms with van der Waals surface area (Å²) in [6, 6.07) is 17.7. The topological polar surface area (TPSA) is 55.8 Å². The van der Waals surface area contributed by atoms with Crippen molar-refractivity contribution in [1.29, 1.82) is 0 Å². The largest absolute Gasteiger partial charge is 0.490 e. The molecule has 0 aliphatic carbocycles. The van der Waals surface area contributed by atoms with Crippen LogP contribution in [0.4, 0.5) is 0 Å². The highest BCUT2D eigenvalue weighted by atomic mass is 16.6. The quantitative estimate of drug-likeness (QED) is 0.375. The van der Waals surface area contributed by atoms with Gasteiger partial charge in [0, 0.05) is 19.2 Å². The van der Waals surface area contributed by atoms with E-state index in [0.717, 1.165) is 17.7 Å². The third-order valence-electron chi connectivity index (χ3n) is 5.26. The fourth-order valence-electron chi connectivity index (χ4n) is 3.45. The van der Waals surface area contributed by atoms with E-state index < -0.39 is 0 Å². The number of piperidine rings is 1. The normalized spacial score (nSPS) is 14.6. The van der Waals surface area contributed by atoms with Gasteiger partial charge >= 0.3 is 5.97 Å². The molecule has 2 aromatic rings. The molecule has 0 radical (unpaired) electrons. The first-order valence-corrected chi connectivity index (χ1v) is 10.6. The van der Waals surface area contributed by atoms with E-state index in [0.29, 0.717) is 32.5 Å². The average Bonchev–Trinajstić information content (AvgIpc) is 2.81. The predicted octanol–water partition coefficient (Wildman–Crippen LogP) is 4.12. The van der Waals surface area contributed by atoms with E-state index in [-0.39, 0.29) is 24.4 Å². The van der Waals surface area contributed by atoms with Gasteiger partial charge in [-0.15, -0.1) is 0 Å². The molecule has 1 aliphatic heterocycles. The molecule has 0 spiro atoms. The second-order valence-corrected chi connectivity index (χ2v) is 7.36. The number of benzene rings is 2. The van der Waals surface area contributed by atoms with Gasteiger partial charge in [0.1, 0.15) is 19.0 Å². The minimum atomic E-state index is -0.201. The van der Waals surface area contributed by atoms with E-state index in [1.54, 1.807) is 11.0 Å². The number of nitrogens with zero attached hydrogens (tertiary/aromatic N) is 1. The fraction of sp³-hybridized carbons (Fsp3) is 0.360. The summed E-state index contributed by atoms with van der Waals surface area (Å²) in [5.41, 5.74) is 2.21. The molecular weight excluding hydrogens is 378 g/mol. The number of hydrogen-bond donors (Lipinski definition) is 0. The summed E-state index contributed by atoms with van der Waals surface area (Å²) < 4.78 is 11.0. The van der Waals surface area contributed by atoms with Gasteiger partial charge in [0.15, 0.2) is 0 Å². The maximum atomic E-state index is 12.3. The smallest absolute Gasteiger partial charge is 0.309 e. The molecule has 30 heavy (non-hydrogen) atoms. The summed E-state index contributed by atoms with van der Waals surface area (Å²) in [6.07, 6.45) is 5.62. The van der Waals surface area contributed by atoms with Crippen LogP contribution in [0, 0.1) is 5.92 Å². The van der Waals surface area contributed by atoms with Crippen LogP contribution in [-0.2, 0) is 20.7 Å². The Morgan fingerprint density at radius 2 is 1.80 bits per heavy atom. The van der Waals surface area contributed by atoms with E-state index in [1.165, 1.54) is 5.56 Å². The number of likely N-dealkylation sites (tertiary alicyclic amines) is 1. The van der Waals surface area contributed by atoms with Crippen LogP contribution in [0.5, 0.6) is 5.75 Å². The first-order valence-electron chi connectivity index (χ1n) is 10.6. The third kappa shape index (κ3) is 6.48. The van der Waals surface area contributed by atoms with Crippen LogP contribution in [0.1, 0.15) is 30.9 Å². The Morgan fingerprint density at radius 1 is 1.03 bits per heavy atom. The highest BCUT2D eigenvalue weighted by Crippen LogP contribution is 2.19. The summed E-state index contributed by atoms with van der Waals surface area (Å²) in [5, 5.41) is 0. The van der Waals surface area contributed by atoms with Gasteiger partial charge < -0.3 is 14.4 Å². The van der Waals surface area contributed by atoms with Crippen molar-refractivity contribution in [1.82, 2.24) is 4.90 Å². The maximum Gasteiger partial charge on any atom is 0.309 e. The van der Waals surface area contributed by atoms with Gasteiger partial charge in [-0.25, -0.2) is 0 Å². The van der Waals surface area contributed by atoms with Gasteiger partial charge in [-0.1, -0.05) is 49.4 Å². The van der Waals surface area contributed by atoms with Crippen molar-refractivity contribution in [2.75, 3.05) is 26.3 Å². The number of esters is 1. The Bertz CT molecular complexity index is 854. The number of ether oxygens (including phenoxy) is 2. The molecule has 0 aromatic heterocycles. The molecule has 3 rings (SSSR count). The Kier molecular flexibility index (Phi) is 8.07. The highest BCUT2D eigenvalue weighted by molar-refractivity contribution is 5.92. The Hall–Kier alpha value is -3.08. The first kappa shape index (κ1) is 21.6. The molecule has 0 saturated carbocycles. The molecule has 2 aromatic carbocycles. The van der Waals surface area contributed by atoms with Crippen LogP contribution >= 0.6 is 0 Å². The zero-order valence-electron chi connectivity index (χ0n) is 17.5. The molecule has 5 heteroatoms. The number of carbonyl (C=O) groups excluding carboxylic acids is 2. The van der Waals surface area contributed by atoms with Crippen molar-refractivity contribution in [2.24, 2.45) is 5.92 Å². The summed E-state index contributed by atoms with van der Waals surface area (Å²) in [6.45, 7) is 3.80. The number of rotatable bonds is 8. The highest BCUT2D eigenvalue weighted by Gasteiger charge is 2.27. The van der Waals surface area contributed by atoms with Gasteiger partial charge in [-0.3, -0.25) is 9.59 Å². The molecule has 158 valence electrons. The van der Waals surface area contributed by atoms with Crippen LogP contribution in [0.15, 0.2) is 60.7 Å². The van der Waals surface area contributed by atoms with Gasteiger partial charge in [0.2, 0.25) is 5.91 Å². The average molecular weight is 408 g/mol. The lowest BCUT2D eigenvalue weighted by Crippen LogP contribution is -2.40. The molecule has 5 nitrogen and oxygen atoms in total. The first-order chi connectivity index (χ1) is 14.7. The lowest BCUT2D eigenvalue weighted by atomic mass is 9.97. The molecule has 1 aliphatic rings. The Labute approximate surface area is 178 Å². The van der Waals surface area contributed by atoms with Crippen molar-refractivity contribution in [3.8, 4) is 5.75 Å². The zero-order valence-corrected chi connectivity index (χ0v) is 17.5. The Balaban J connectivity index is 1.35. The number of aryl methyl sites for hydroxylation is 1. The summed E-state index contributed by atoms with van der Waals surface area (Å²) in [4.78, 5) is 26.4. The molecule has 1 amide bonds. The van der Waals surface area contributed by atoms with Gasteiger partial charge in [-0.2, -0.15) is 0 Å². The van der Waals surface area contributed by atoms with E-state index in [4.69, 9.17) is 9.47 Å². The number of hydrogen-bond acceptors (Lipinski definition) is 4. The second-order valence-electron chi connectivity index (χ2n) is 7.36. The SMILES string of the molecule is CCc1cccc(OCCOC(=O)C2CCN(C(=O)/C=C/c3ccccc3)CC2)c1. The number of carbonyl (C=O) groups is 2. The van der Waals surface area contributed by atoms with E-state index in [9.17, 15) is 9.59 Å². The van der Waals surface area contributed by atoms with Crippen LogP contribution in [0.2, 0.25) is 0 Å². The van der Waals surface area contributed by atoms with Gasteiger partial charge in [0.25, 0.3) is 0 Å². The number of amides is 1. The van der Waals surface area contributed by atoms with Crippen molar-refractivity contribution in [2.45, 2.75) is 26.2 Å². The van der Waals surface area contributed by atoms with Crippen molar-refractivity contribution in [3.63, 3.8) is 0 Å². The van der Waals surface area contributed by atoms with E-state index in [1.807, 2.05) is 54.6 Å². The standard InChI is InChI=1S/C25H29NO4/c1-2-20-9-6-10-23(19-20)29-17-18-30-25(28)22-13-15-26(16-14-22)24(27)12-11-21-7-4-3-5-8-21/h3-12,19,22H,2,13-18H2,1H3/b12-11+. The van der Waals surface area contributed by atoms with E-state index >= 15 is 0 Å². The lowest BCUT2D eigenvalue weighted by molar-refractivity contribution is -0.152. The molecule has 0 atom stereocenters. The van der Waals surface area contributed by atoms with Crippen LogP contribution in [0.25, 0.3) is 6.08 Å².